The molecule has 0 bridgehead atoms. The van der Waals surface area contributed by atoms with E-state index in [-0.39, 0.29) is 5.91 Å². The molecule has 0 N–H and O–H groups in total. The molecule has 4 nitrogen and oxygen atoms in total. The molecule has 1 fully saturated rings. The number of benzene rings is 1. The van der Waals surface area contributed by atoms with Crippen LogP contribution in [0.2, 0.25) is 0 Å². The number of fused-ring (bicyclic) bond motifs is 2. The lowest BCUT2D eigenvalue weighted by Gasteiger charge is -2.29. The standard InChI is InChI=1S/C22H23N3O/c1-14-8-16(4-6-23-14)22-20-10-19-13-25(7-5-15-2-3-15)21(26)11-17(19)9-18(20)12-24-22/h4,6,8-10,15H,2-3,5,7,11-13H2,1H3. The molecule has 0 atom stereocenters. The Kier molecular flexibility index (Phi) is 3.66. The smallest absolute Gasteiger partial charge is 0.227 e. The molecule has 1 aromatic carbocycles. The number of nitrogens with zero attached hydrogens (tertiary/aromatic N) is 3. The van der Waals surface area contributed by atoms with Crippen LogP contribution >= 0.6 is 0 Å². The fourth-order valence-corrected chi connectivity index (χ4v) is 4.11. The lowest BCUT2D eigenvalue weighted by Crippen LogP contribution is -2.37. The number of carbonyl (C=O) groups excluding carboxylic acids is 1. The zero-order valence-electron chi connectivity index (χ0n) is 15.2. The van der Waals surface area contributed by atoms with Crippen LogP contribution in [-0.2, 0) is 24.3 Å². The maximum atomic E-state index is 12.5. The highest BCUT2D eigenvalue weighted by Crippen LogP contribution is 2.34. The summed E-state index contributed by atoms with van der Waals surface area (Å²) in [5.41, 5.74) is 8.16. The summed E-state index contributed by atoms with van der Waals surface area (Å²) in [7, 11) is 0. The quantitative estimate of drug-likeness (QED) is 0.852. The number of aromatic nitrogens is 1. The number of hydrogen-bond acceptors (Lipinski definition) is 3. The first-order chi connectivity index (χ1) is 12.7. The number of aliphatic imine (C=N–C) groups is 1. The molecule has 132 valence electrons. The van der Waals surface area contributed by atoms with E-state index in [9.17, 15) is 4.79 Å². The Morgan fingerprint density at radius 3 is 2.85 bits per heavy atom. The third kappa shape index (κ3) is 2.83. The molecule has 0 unspecified atom stereocenters. The molecule has 3 heterocycles. The highest BCUT2D eigenvalue weighted by Gasteiger charge is 2.29. The first-order valence-corrected chi connectivity index (χ1v) is 9.57. The van der Waals surface area contributed by atoms with Gasteiger partial charge in [-0.15, -0.1) is 0 Å². The van der Waals surface area contributed by atoms with Crippen LogP contribution < -0.4 is 0 Å². The van der Waals surface area contributed by atoms with Crippen LogP contribution in [0, 0.1) is 12.8 Å². The van der Waals surface area contributed by atoms with E-state index in [0.717, 1.165) is 42.4 Å². The van der Waals surface area contributed by atoms with Crippen LogP contribution in [0.15, 0.2) is 35.5 Å². The lowest BCUT2D eigenvalue weighted by atomic mass is 9.91. The number of aryl methyl sites for hydroxylation is 1. The van der Waals surface area contributed by atoms with Gasteiger partial charge in [0.05, 0.1) is 18.7 Å². The SMILES string of the molecule is Cc1cc(C2=NCc3cc4c(cc32)CN(CCC2CC2)C(=O)C4)ccn1. The summed E-state index contributed by atoms with van der Waals surface area (Å²) in [5, 5.41) is 0. The van der Waals surface area contributed by atoms with E-state index < -0.39 is 0 Å². The van der Waals surface area contributed by atoms with Crippen LogP contribution in [0.1, 0.15) is 52.8 Å². The van der Waals surface area contributed by atoms with Gasteiger partial charge in [-0.05, 0) is 54.2 Å². The van der Waals surface area contributed by atoms with Crippen molar-refractivity contribution in [1.29, 1.82) is 0 Å². The molecule has 1 amide bonds. The van der Waals surface area contributed by atoms with Crippen molar-refractivity contribution >= 4 is 11.6 Å². The number of carbonyl (C=O) groups is 1. The maximum absolute atomic E-state index is 12.5. The third-order valence-electron chi connectivity index (χ3n) is 5.82. The minimum atomic E-state index is 0.280. The lowest BCUT2D eigenvalue weighted by molar-refractivity contribution is -0.132. The zero-order valence-corrected chi connectivity index (χ0v) is 15.2. The van der Waals surface area contributed by atoms with Gasteiger partial charge in [0, 0.05) is 36.1 Å². The third-order valence-corrected chi connectivity index (χ3v) is 5.82. The van der Waals surface area contributed by atoms with Crippen molar-refractivity contribution in [1.82, 2.24) is 9.88 Å². The first-order valence-electron chi connectivity index (χ1n) is 9.57. The largest absolute Gasteiger partial charge is 0.338 e. The van der Waals surface area contributed by atoms with Crippen LogP contribution in [0.3, 0.4) is 0 Å². The van der Waals surface area contributed by atoms with Gasteiger partial charge in [0.25, 0.3) is 0 Å². The fourth-order valence-electron chi connectivity index (χ4n) is 4.11. The normalized spacial score (nSPS) is 18.6. The highest BCUT2D eigenvalue weighted by molar-refractivity contribution is 6.15. The monoisotopic (exact) mass is 345 g/mol. The van der Waals surface area contributed by atoms with Crippen molar-refractivity contribution in [3.63, 3.8) is 0 Å². The minimum absolute atomic E-state index is 0.280. The predicted octanol–water partition coefficient (Wildman–Crippen LogP) is 3.43. The van der Waals surface area contributed by atoms with E-state index in [2.05, 4.69) is 28.1 Å². The van der Waals surface area contributed by atoms with Crippen LogP contribution in [-0.4, -0.2) is 28.0 Å². The van der Waals surface area contributed by atoms with E-state index in [4.69, 9.17) is 4.99 Å². The second kappa shape index (κ2) is 6.04. The summed E-state index contributed by atoms with van der Waals surface area (Å²) in [5.74, 6) is 1.14. The Morgan fingerprint density at radius 2 is 2.04 bits per heavy atom. The molecule has 26 heavy (non-hydrogen) atoms. The topological polar surface area (TPSA) is 45.6 Å². The zero-order chi connectivity index (χ0) is 17.7. The highest BCUT2D eigenvalue weighted by atomic mass is 16.2. The first kappa shape index (κ1) is 15.7. The molecule has 4 heteroatoms. The summed E-state index contributed by atoms with van der Waals surface area (Å²) < 4.78 is 0. The van der Waals surface area contributed by atoms with E-state index in [1.54, 1.807) is 0 Å². The molecule has 1 aromatic heterocycles. The van der Waals surface area contributed by atoms with E-state index in [1.165, 1.54) is 35.1 Å². The van der Waals surface area contributed by atoms with Crippen molar-refractivity contribution in [2.75, 3.05) is 6.54 Å². The van der Waals surface area contributed by atoms with Crippen molar-refractivity contribution in [2.24, 2.45) is 10.9 Å². The molecular weight excluding hydrogens is 322 g/mol. The minimum Gasteiger partial charge on any atom is -0.338 e. The van der Waals surface area contributed by atoms with E-state index in [0.29, 0.717) is 13.0 Å². The molecule has 0 spiro atoms. The van der Waals surface area contributed by atoms with Gasteiger partial charge in [-0.2, -0.15) is 0 Å². The van der Waals surface area contributed by atoms with Crippen molar-refractivity contribution in [3.05, 3.63) is 64.0 Å². The Bertz CT molecular complexity index is 927. The van der Waals surface area contributed by atoms with Crippen LogP contribution in [0.25, 0.3) is 0 Å². The molecule has 1 saturated carbocycles. The van der Waals surface area contributed by atoms with E-state index >= 15 is 0 Å². The number of amides is 1. The van der Waals surface area contributed by atoms with Crippen molar-refractivity contribution in [3.8, 4) is 0 Å². The van der Waals surface area contributed by atoms with Crippen LogP contribution in [0.5, 0.6) is 0 Å². The van der Waals surface area contributed by atoms with Gasteiger partial charge in [-0.25, -0.2) is 0 Å². The maximum Gasteiger partial charge on any atom is 0.227 e. The summed E-state index contributed by atoms with van der Waals surface area (Å²) >= 11 is 0. The molecule has 5 rings (SSSR count). The Hall–Kier alpha value is -2.49. The van der Waals surface area contributed by atoms with Gasteiger partial charge in [0.15, 0.2) is 0 Å². The van der Waals surface area contributed by atoms with Gasteiger partial charge < -0.3 is 4.90 Å². The molecule has 0 saturated heterocycles. The van der Waals surface area contributed by atoms with Gasteiger partial charge in [-0.1, -0.05) is 18.9 Å². The number of pyridine rings is 1. The summed E-state index contributed by atoms with van der Waals surface area (Å²) in [6.07, 6.45) is 6.24. The second-order valence-corrected chi connectivity index (χ2v) is 7.85. The summed E-state index contributed by atoms with van der Waals surface area (Å²) in [6.45, 7) is 4.37. The van der Waals surface area contributed by atoms with Crippen molar-refractivity contribution in [2.45, 2.75) is 45.7 Å². The number of rotatable bonds is 4. The summed E-state index contributed by atoms with van der Waals surface area (Å²) in [6, 6.07) is 8.62. The molecule has 3 aliphatic rings. The molecule has 2 aromatic rings. The molecule has 2 aliphatic heterocycles. The van der Waals surface area contributed by atoms with Crippen molar-refractivity contribution < 1.29 is 4.79 Å². The average Bonchev–Trinajstić information content (AvgIpc) is 3.37. The molecule has 0 radical (unpaired) electrons. The fraction of sp³-hybridized carbons (Fsp3) is 0.409. The van der Waals surface area contributed by atoms with Gasteiger partial charge >= 0.3 is 0 Å². The predicted molar refractivity (Wildman–Crippen MR) is 101 cm³/mol. The van der Waals surface area contributed by atoms with Crippen LogP contribution in [0.4, 0.5) is 0 Å². The van der Waals surface area contributed by atoms with Gasteiger partial charge in [0.2, 0.25) is 5.91 Å². The molecule has 1 aliphatic carbocycles. The Labute approximate surface area is 154 Å². The summed E-state index contributed by atoms with van der Waals surface area (Å²) in [4.78, 5) is 23.6. The van der Waals surface area contributed by atoms with Gasteiger partial charge in [0.1, 0.15) is 0 Å². The molecular formula is C22H23N3O. The average molecular weight is 345 g/mol. The second-order valence-electron chi connectivity index (χ2n) is 7.85. The Balaban J connectivity index is 1.45. The van der Waals surface area contributed by atoms with E-state index in [1.807, 2.05) is 19.2 Å². The van der Waals surface area contributed by atoms with Gasteiger partial charge in [-0.3, -0.25) is 14.8 Å². The Morgan fingerprint density at radius 1 is 1.15 bits per heavy atom. The number of hydrogen-bond donors (Lipinski definition) is 0.